The summed E-state index contributed by atoms with van der Waals surface area (Å²) in [5.74, 6) is 1.84. The van der Waals surface area contributed by atoms with Crippen molar-refractivity contribution in [3.05, 3.63) is 60.4 Å². The van der Waals surface area contributed by atoms with E-state index in [0.717, 1.165) is 24.3 Å². The molecule has 1 aromatic carbocycles. The Kier molecular flexibility index (Phi) is 7.57. The Morgan fingerprint density at radius 1 is 1.00 bits per heavy atom. The van der Waals surface area contributed by atoms with Crippen LogP contribution in [0.15, 0.2) is 48.8 Å². The van der Waals surface area contributed by atoms with Crippen LogP contribution in [0.1, 0.15) is 11.9 Å². The van der Waals surface area contributed by atoms with E-state index in [1.807, 2.05) is 0 Å². The normalized spacial score (nSPS) is 11.7. The fraction of sp³-hybridized carbons (Fsp3) is 0.227. The molecule has 0 saturated carbocycles. The standard InChI is InChI=1S/C22H22FN7O4S/c1-32-16-7-5-8-17(33-2)19(16)30-21(14-6-4-9-18(26-14)34-3)27-28-22(30)29-35-12-15(31)20-24-10-13(23)11-25-20/h4-11,15,31H,12H2,1-3H3,(H,28,29). The number of ether oxygens (including phenoxy) is 3. The molecule has 182 valence electrons. The van der Waals surface area contributed by atoms with Crippen molar-refractivity contribution in [2.45, 2.75) is 6.10 Å². The zero-order chi connectivity index (χ0) is 24.8. The van der Waals surface area contributed by atoms with Crippen LogP contribution < -0.4 is 18.9 Å². The number of methoxy groups -OCH3 is 3. The van der Waals surface area contributed by atoms with Gasteiger partial charge in [-0.1, -0.05) is 12.1 Å². The Hall–Kier alpha value is -3.97. The van der Waals surface area contributed by atoms with Crippen molar-refractivity contribution in [1.29, 1.82) is 0 Å². The van der Waals surface area contributed by atoms with Gasteiger partial charge in [-0.2, -0.15) is 0 Å². The SMILES string of the molecule is COc1cccc(-c2nnc(NSCC(O)c3ncc(F)cn3)n2-c2c(OC)cccc2OC)n1. The van der Waals surface area contributed by atoms with E-state index in [9.17, 15) is 9.50 Å². The van der Waals surface area contributed by atoms with Crippen LogP contribution in [0.25, 0.3) is 17.2 Å². The van der Waals surface area contributed by atoms with E-state index < -0.39 is 11.9 Å². The van der Waals surface area contributed by atoms with E-state index in [0.29, 0.717) is 40.5 Å². The van der Waals surface area contributed by atoms with Crippen molar-refractivity contribution in [2.75, 3.05) is 31.8 Å². The number of nitrogens with one attached hydrogen (secondary N) is 1. The Balaban J connectivity index is 1.70. The summed E-state index contributed by atoms with van der Waals surface area (Å²) < 4.78 is 34.3. The van der Waals surface area contributed by atoms with Crippen LogP contribution in [-0.2, 0) is 0 Å². The summed E-state index contributed by atoms with van der Waals surface area (Å²) in [7, 11) is 4.62. The predicted molar refractivity (Wildman–Crippen MR) is 127 cm³/mol. The fourth-order valence-electron chi connectivity index (χ4n) is 3.19. The lowest BCUT2D eigenvalue weighted by molar-refractivity contribution is 0.193. The Morgan fingerprint density at radius 3 is 2.34 bits per heavy atom. The third-order valence-electron chi connectivity index (χ3n) is 4.79. The third kappa shape index (κ3) is 5.25. The molecule has 1 atom stereocenters. The number of hydrogen-bond donors (Lipinski definition) is 2. The van der Waals surface area contributed by atoms with Crippen molar-refractivity contribution in [2.24, 2.45) is 0 Å². The van der Waals surface area contributed by atoms with Gasteiger partial charge in [-0.25, -0.2) is 19.3 Å². The number of aliphatic hydroxyl groups is 1. The molecule has 0 amide bonds. The Bertz CT molecular complexity index is 1270. The molecule has 0 fully saturated rings. The van der Waals surface area contributed by atoms with Gasteiger partial charge in [0, 0.05) is 11.8 Å². The van der Waals surface area contributed by atoms with Crippen molar-refractivity contribution in [1.82, 2.24) is 29.7 Å². The average Bonchev–Trinajstić information content (AvgIpc) is 3.31. The molecular formula is C22H22FN7O4S. The molecule has 2 N–H and O–H groups in total. The number of benzene rings is 1. The molecule has 0 radical (unpaired) electrons. The maximum atomic E-state index is 13.1. The van der Waals surface area contributed by atoms with Crippen LogP contribution in [0.3, 0.4) is 0 Å². The molecule has 4 rings (SSSR count). The summed E-state index contributed by atoms with van der Waals surface area (Å²) in [5, 5.41) is 19.0. The van der Waals surface area contributed by atoms with Gasteiger partial charge < -0.3 is 19.3 Å². The van der Waals surface area contributed by atoms with E-state index in [4.69, 9.17) is 14.2 Å². The van der Waals surface area contributed by atoms with Crippen LogP contribution in [0.5, 0.6) is 17.4 Å². The Morgan fingerprint density at radius 2 is 1.69 bits per heavy atom. The van der Waals surface area contributed by atoms with Gasteiger partial charge >= 0.3 is 0 Å². The number of aliphatic hydroxyl groups excluding tert-OH is 1. The van der Waals surface area contributed by atoms with Gasteiger partial charge in [-0.05, 0) is 30.1 Å². The van der Waals surface area contributed by atoms with Crippen molar-refractivity contribution < 1.29 is 23.7 Å². The van der Waals surface area contributed by atoms with Crippen LogP contribution in [0.2, 0.25) is 0 Å². The van der Waals surface area contributed by atoms with Gasteiger partial charge in [0.25, 0.3) is 0 Å². The number of rotatable bonds is 10. The summed E-state index contributed by atoms with van der Waals surface area (Å²) in [6.45, 7) is 0. The van der Waals surface area contributed by atoms with Crippen LogP contribution in [0.4, 0.5) is 10.3 Å². The average molecular weight is 500 g/mol. The lowest BCUT2D eigenvalue weighted by atomic mass is 10.2. The largest absolute Gasteiger partial charge is 0.494 e. The third-order valence-corrected chi connectivity index (χ3v) is 5.60. The van der Waals surface area contributed by atoms with Crippen LogP contribution in [-0.4, -0.2) is 61.9 Å². The first-order valence-corrected chi connectivity index (χ1v) is 11.3. The molecule has 0 bridgehead atoms. The zero-order valence-electron chi connectivity index (χ0n) is 19.0. The minimum Gasteiger partial charge on any atom is -0.494 e. The lowest BCUT2D eigenvalue weighted by Gasteiger charge is -2.17. The number of aromatic nitrogens is 6. The van der Waals surface area contributed by atoms with Gasteiger partial charge in [-0.3, -0.25) is 9.29 Å². The second-order valence-electron chi connectivity index (χ2n) is 6.95. The maximum Gasteiger partial charge on any atom is 0.239 e. The quantitative estimate of drug-likeness (QED) is 0.312. The van der Waals surface area contributed by atoms with Gasteiger partial charge in [0.2, 0.25) is 11.8 Å². The van der Waals surface area contributed by atoms with E-state index in [1.165, 1.54) is 7.11 Å². The Labute approximate surface area is 204 Å². The first kappa shape index (κ1) is 24.2. The number of pyridine rings is 1. The van der Waals surface area contributed by atoms with E-state index in [1.54, 1.807) is 55.2 Å². The molecular weight excluding hydrogens is 477 g/mol. The molecule has 0 aliphatic carbocycles. The smallest absolute Gasteiger partial charge is 0.239 e. The highest BCUT2D eigenvalue weighted by molar-refractivity contribution is 8.00. The first-order valence-electron chi connectivity index (χ1n) is 10.3. The molecule has 4 aromatic rings. The summed E-state index contributed by atoms with van der Waals surface area (Å²) in [6.07, 6.45) is 0.966. The minimum atomic E-state index is -1.04. The van der Waals surface area contributed by atoms with Gasteiger partial charge in [0.05, 0.1) is 33.7 Å². The van der Waals surface area contributed by atoms with Gasteiger partial charge in [-0.15, -0.1) is 10.2 Å². The molecule has 0 spiro atoms. The molecule has 35 heavy (non-hydrogen) atoms. The first-order chi connectivity index (χ1) is 17.0. The lowest BCUT2D eigenvalue weighted by Crippen LogP contribution is -2.10. The fourth-order valence-corrected chi connectivity index (χ4v) is 3.84. The highest BCUT2D eigenvalue weighted by atomic mass is 32.2. The zero-order valence-corrected chi connectivity index (χ0v) is 19.9. The van der Waals surface area contributed by atoms with Gasteiger partial charge in [0.15, 0.2) is 17.5 Å². The minimum absolute atomic E-state index is 0.106. The van der Waals surface area contributed by atoms with Crippen LogP contribution >= 0.6 is 11.9 Å². The van der Waals surface area contributed by atoms with Crippen molar-refractivity contribution in [3.63, 3.8) is 0 Å². The number of para-hydroxylation sites is 1. The number of anilines is 1. The van der Waals surface area contributed by atoms with Crippen molar-refractivity contribution >= 4 is 17.9 Å². The molecule has 3 aromatic heterocycles. The molecule has 0 aliphatic heterocycles. The molecule has 0 saturated heterocycles. The summed E-state index contributed by atoms with van der Waals surface area (Å²) in [6, 6.07) is 10.7. The van der Waals surface area contributed by atoms with E-state index in [-0.39, 0.29) is 11.6 Å². The summed E-state index contributed by atoms with van der Waals surface area (Å²) >= 11 is 1.14. The molecule has 1 unspecified atom stereocenters. The topological polar surface area (TPSA) is 129 Å². The molecule has 3 heterocycles. The second kappa shape index (κ2) is 11.0. The monoisotopic (exact) mass is 499 g/mol. The number of hydrogen-bond acceptors (Lipinski definition) is 11. The number of nitrogens with zero attached hydrogens (tertiary/aromatic N) is 6. The summed E-state index contributed by atoms with van der Waals surface area (Å²) in [5.41, 5.74) is 1.05. The van der Waals surface area contributed by atoms with Crippen molar-refractivity contribution in [3.8, 4) is 34.6 Å². The highest BCUT2D eigenvalue weighted by Gasteiger charge is 2.23. The molecule has 13 heteroatoms. The second-order valence-corrected chi connectivity index (χ2v) is 7.77. The highest BCUT2D eigenvalue weighted by Crippen LogP contribution is 2.38. The van der Waals surface area contributed by atoms with E-state index >= 15 is 0 Å². The maximum absolute atomic E-state index is 13.1. The van der Waals surface area contributed by atoms with Gasteiger partial charge in [0.1, 0.15) is 29.0 Å². The van der Waals surface area contributed by atoms with E-state index in [2.05, 4.69) is 29.9 Å². The molecule has 11 nitrogen and oxygen atoms in total. The number of halogens is 1. The summed E-state index contributed by atoms with van der Waals surface area (Å²) in [4.78, 5) is 12.1. The molecule has 0 aliphatic rings. The van der Waals surface area contributed by atoms with Crippen LogP contribution in [0, 0.1) is 5.82 Å². The predicted octanol–water partition coefficient (Wildman–Crippen LogP) is 3.08.